The maximum atomic E-state index is 6.83. The van der Waals surface area contributed by atoms with E-state index in [0.29, 0.717) is 0 Å². The van der Waals surface area contributed by atoms with E-state index in [1.807, 2.05) is 30.3 Å². The Balaban J connectivity index is 0.000000266. The molecule has 0 saturated carbocycles. The topological polar surface area (TPSA) is 56.7 Å². The Labute approximate surface area is 395 Å². The van der Waals surface area contributed by atoms with Crippen LogP contribution in [0.1, 0.15) is 50.7 Å². The number of fused-ring (bicyclic) bond motifs is 7. The number of aromatic nitrogens is 4. The number of imidazole rings is 1. The van der Waals surface area contributed by atoms with Crippen molar-refractivity contribution in [2.75, 3.05) is 0 Å². The summed E-state index contributed by atoms with van der Waals surface area (Å²) in [7, 11) is -1.36. The van der Waals surface area contributed by atoms with Crippen molar-refractivity contribution in [2.24, 2.45) is 0 Å². The number of nitrogens with zero attached hydrogens (tertiary/aromatic N) is 4. The second-order valence-electron chi connectivity index (χ2n) is 18.3. The van der Waals surface area contributed by atoms with Gasteiger partial charge in [0.1, 0.15) is 20.0 Å². The summed E-state index contributed by atoms with van der Waals surface area (Å²) in [5.74, 6) is 1.40. The Morgan fingerprint density at radius 2 is 1.29 bits per heavy atom. The van der Waals surface area contributed by atoms with Crippen molar-refractivity contribution in [3.8, 4) is 39.5 Å². The van der Waals surface area contributed by atoms with Crippen LogP contribution in [0.3, 0.4) is 0 Å². The number of furan rings is 1. The van der Waals surface area contributed by atoms with E-state index in [-0.39, 0.29) is 31.9 Å². The molecule has 5 nitrogen and oxygen atoms in total. The van der Waals surface area contributed by atoms with Crippen LogP contribution in [0.4, 0.5) is 0 Å². The maximum absolute atomic E-state index is 6.83. The minimum atomic E-state index is -1.36. The normalized spacial score (nSPS) is 11.8. The van der Waals surface area contributed by atoms with Crippen LogP contribution in [0.5, 0.6) is 0 Å². The van der Waals surface area contributed by atoms with Gasteiger partial charge in [0, 0.05) is 36.5 Å². The third kappa shape index (κ3) is 8.25. The zero-order valence-corrected chi connectivity index (χ0v) is 41.2. The van der Waals surface area contributed by atoms with Crippen LogP contribution in [0.2, 0.25) is 19.6 Å². The van der Waals surface area contributed by atoms with Gasteiger partial charge in [0.2, 0.25) is 0 Å². The SMILES string of the molecule is CC(C)c1cc(-c2ccccc2)cc(C(C)C)c1-n1c(-c2[c-]ccc3c2oc2cc4c(ccc5ccccc54)cc23)nc2ccccc21.C[Si](C)(C)c1cc(-c2[c-]cccc2)ncn1.[Ir]. The molecule has 323 valence electrons. The van der Waals surface area contributed by atoms with E-state index >= 15 is 0 Å². The first-order valence-corrected chi connectivity index (χ1v) is 25.7. The van der Waals surface area contributed by atoms with Crippen LogP contribution >= 0.6 is 0 Å². The Kier molecular flexibility index (Phi) is 12.0. The van der Waals surface area contributed by atoms with E-state index < -0.39 is 8.07 Å². The smallest absolute Gasteiger partial charge is 0.121 e. The molecular formula is C58H50IrN4OSi-2. The first kappa shape index (κ1) is 43.7. The molecule has 11 rings (SSSR count). The van der Waals surface area contributed by atoms with E-state index in [0.717, 1.165) is 55.6 Å². The molecule has 7 heteroatoms. The number of hydrogen-bond donors (Lipinski definition) is 0. The Morgan fingerprint density at radius 3 is 2.03 bits per heavy atom. The molecule has 0 unspecified atom stereocenters. The molecule has 8 aromatic carbocycles. The van der Waals surface area contributed by atoms with Crippen LogP contribution in [0.15, 0.2) is 168 Å². The van der Waals surface area contributed by atoms with Gasteiger partial charge in [0.15, 0.2) is 0 Å². The number of hydrogen-bond acceptors (Lipinski definition) is 4. The molecule has 11 aromatic rings. The average molecular weight is 1040 g/mol. The zero-order valence-electron chi connectivity index (χ0n) is 37.8. The van der Waals surface area contributed by atoms with Crippen LogP contribution in [0, 0.1) is 12.1 Å². The number of benzene rings is 8. The van der Waals surface area contributed by atoms with Gasteiger partial charge in [-0.2, -0.15) is 0 Å². The van der Waals surface area contributed by atoms with Crippen molar-refractivity contribution < 1.29 is 24.5 Å². The van der Waals surface area contributed by atoms with Gasteiger partial charge in [-0.3, -0.25) is 9.97 Å². The molecule has 0 atom stereocenters. The van der Waals surface area contributed by atoms with Crippen LogP contribution in [-0.4, -0.2) is 27.6 Å². The van der Waals surface area contributed by atoms with Gasteiger partial charge in [-0.15, -0.1) is 54.1 Å². The minimum absolute atomic E-state index is 0. The molecule has 3 aromatic heterocycles. The Morgan fingerprint density at radius 1 is 0.585 bits per heavy atom. The minimum Gasteiger partial charge on any atom is -0.501 e. The molecule has 0 aliphatic rings. The van der Waals surface area contributed by atoms with Gasteiger partial charge >= 0.3 is 0 Å². The van der Waals surface area contributed by atoms with Gasteiger partial charge in [-0.1, -0.05) is 143 Å². The monoisotopic (exact) mass is 1040 g/mol. The quantitative estimate of drug-likeness (QED) is 0.0907. The maximum Gasteiger partial charge on any atom is 0.121 e. The van der Waals surface area contributed by atoms with Crippen molar-refractivity contribution in [3.05, 3.63) is 187 Å². The summed E-state index contributed by atoms with van der Waals surface area (Å²) in [6.45, 7) is 16.0. The van der Waals surface area contributed by atoms with Crippen molar-refractivity contribution in [2.45, 2.75) is 59.2 Å². The summed E-state index contributed by atoms with van der Waals surface area (Å²) in [5.41, 5.74) is 12.8. The molecule has 0 bridgehead atoms. The average Bonchev–Trinajstić information content (AvgIpc) is 3.89. The van der Waals surface area contributed by atoms with Crippen LogP contribution < -0.4 is 5.32 Å². The molecule has 0 aliphatic carbocycles. The standard InChI is InChI=1S/C45H35N2O.C13H15N2Si.Ir/c1-27(2)36-24-32(29-13-6-5-7-14-29)25-37(28(3)4)43(36)47-41-20-11-10-19-40(41)46-45(47)35-18-12-17-34-39-23-31-22-21-30-15-8-9-16-33(30)38(31)26-42(39)48-44(34)35;1-16(2,3)13-9-12(14-10-15-13)11-7-5-4-6-8-11;/h5-17,19-28H,1-4H3;4-7,9-10H,1-3H3;/q2*-1;. The Hall–Kier alpha value is -6.50. The number of para-hydroxylation sites is 2. The van der Waals surface area contributed by atoms with Gasteiger partial charge < -0.3 is 8.98 Å². The molecule has 0 aliphatic heterocycles. The van der Waals surface area contributed by atoms with Crippen molar-refractivity contribution >= 4 is 67.9 Å². The molecule has 0 amide bonds. The van der Waals surface area contributed by atoms with E-state index in [1.165, 1.54) is 54.8 Å². The summed E-state index contributed by atoms with van der Waals surface area (Å²) in [5, 5.41) is 8.21. The summed E-state index contributed by atoms with van der Waals surface area (Å²) >= 11 is 0. The van der Waals surface area contributed by atoms with Crippen LogP contribution in [-0.2, 0) is 20.1 Å². The molecule has 65 heavy (non-hydrogen) atoms. The fourth-order valence-corrected chi connectivity index (χ4v) is 9.93. The molecule has 1 radical (unpaired) electrons. The van der Waals surface area contributed by atoms with E-state index in [9.17, 15) is 0 Å². The molecule has 0 N–H and O–H groups in total. The van der Waals surface area contributed by atoms with Crippen LogP contribution in [0.25, 0.3) is 94.0 Å². The van der Waals surface area contributed by atoms with Gasteiger partial charge in [-0.25, -0.2) is 4.98 Å². The van der Waals surface area contributed by atoms with E-state index in [4.69, 9.17) is 9.40 Å². The number of rotatable bonds is 7. The van der Waals surface area contributed by atoms with Gasteiger partial charge in [0.25, 0.3) is 0 Å². The van der Waals surface area contributed by atoms with Gasteiger partial charge in [-0.05, 0) is 97.7 Å². The predicted octanol–water partition coefficient (Wildman–Crippen LogP) is 15.1. The second-order valence-corrected chi connectivity index (χ2v) is 23.3. The van der Waals surface area contributed by atoms with E-state index in [1.54, 1.807) is 6.33 Å². The third-order valence-corrected chi connectivity index (χ3v) is 14.1. The molecule has 0 saturated heterocycles. The predicted molar refractivity (Wildman–Crippen MR) is 271 cm³/mol. The first-order chi connectivity index (χ1) is 31.0. The fourth-order valence-electron chi connectivity index (χ4n) is 8.91. The Bertz CT molecular complexity index is 3470. The molecule has 0 spiro atoms. The van der Waals surface area contributed by atoms with Gasteiger partial charge in [0.05, 0.1) is 22.4 Å². The zero-order chi connectivity index (χ0) is 44.1. The fraction of sp³-hybridized carbons (Fsp3) is 0.155. The summed E-state index contributed by atoms with van der Waals surface area (Å²) < 4.78 is 9.20. The molecule has 0 fully saturated rings. The second kappa shape index (κ2) is 17.8. The molecular weight excluding hydrogens is 989 g/mol. The van der Waals surface area contributed by atoms with Crippen molar-refractivity contribution in [1.29, 1.82) is 0 Å². The largest absolute Gasteiger partial charge is 0.501 e. The van der Waals surface area contributed by atoms with Crippen molar-refractivity contribution in [1.82, 2.24) is 19.5 Å². The summed E-state index contributed by atoms with van der Waals surface area (Å²) in [6.07, 6.45) is 1.66. The van der Waals surface area contributed by atoms with Crippen molar-refractivity contribution in [3.63, 3.8) is 0 Å². The van der Waals surface area contributed by atoms with E-state index in [2.05, 4.69) is 201 Å². The first-order valence-electron chi connectivity index (χ1n) is 22.2. The summed E-state index contributed by atoms with van der Waals surface area (Å²) in [4.78, 5) is 14.0. The third-order valence-electron chi connectivity index (χ3n) is 12.2. The summed E-state index contributed by atoms with van der Waals surface area (Å²) in [6, 6.07) is 62.3. The molecule has 3 heterocycles.